The van der Waals surface area contributed by atoms with Crippen molar-refractivity contribution in [3.63, 3.8) is 0 Å². The van der Waals surface area contributed by atoms with E-state index < -0.39 is 0 Å². The number of aryl methyl sites for hydroxylation is 2. The third kappa shape index (κ3) is 2.42. The third-order valence-corrected chi connectivity index (χ3v) is 3.74. The van der Waals surface area contributed by atoms with E-state index in [0.29, 0.717) is 0 Å². The molecule has 2 rings (SSSR count). The van der Waals surface area contributed by atoms with Crippen LogP contribution in [0.1, 0.15) is 40.6 Å². The van der Waals surface area contributed by atoms with Crippen molar-refractivity contribution in [3.05, 3.63) is 58.2 Å². The van der Waals surface area contributed by atoms with Crippen LogP contribution in [0.3, 0.4) is 0 Å². The van der Waals surface area contributed by atoms with Crippen molar-refractivity contribution in [3.8, 4) is 0 Å². The summed E-state index contributed by atoms with van der Waals surface area (Å²) < 4.78 is 0. The molecule has 0 saturated heterocycles. The molecule has 2 nitrogen and oxygen atoms in total. The maximum atomic E-state index is 4.42. The predicted octanol–water partition coefficient (Wildman–Crippen LogP) is 3.56. The molecular weight excluding hydrogens is 220 g/mol. The molecule has 1 aromatic carbocycles. The van der Waals surface area contributed by atoms with Crippen molar-refractivity contribution in [2.45, 2.75) is 40.5 Å². The Morgan fingerprint density at radius 2 is 1.67 bits per heavy atom. The highest BCUT2D eigenvalue weighted by Crippen LogP contribution is 2.19. The largest absolute Gasteiger partial charge is 0.241 e. The van der Waals surface area contributed by atoms with Crippen molar-refractivity contribution in [1.82, 2.24) is 9.97 Å². The minimum atomic E-state index is 0.898. The average Bonchev–Trinajstić information content (AvgIpc) is 2.37. The first-order valence-electron chi connectivity index (χ1n) is 6.48. The lowest BCUT2D eigenvalue weighted by Gasteiger charge is -2.11. The van der Waals surface area contributed by atoms with Crippen LogP contribution in [-0.2, 0) is 12.8 Å². The molecule has 0 fully saturated rings. The summed E-state index contributed by atoms with van der Waals surface area (Å²) in [7, 11) is 0. The summed E-state index contributed by atoms with van der Waals surface area (Å²) in [5.74, 6) is 0. The summed E-state index contributed by atoms with van der Waals surface area (Å²) in [6.45, 7) is 8.54. The lowest BCUT2D eigenvalue weighted by Crippen LogP contribution is -2.02. The van der Waals surface area contributed by atoms with Crippen LogP contribution < -0.4 is 0 Å². The van der Waals surface area contributed by atoms with E-state index in [4.69, 9.17) is 0 Å². The second kappa shape index (κ2) is 5.30. The number of nitrogens with zero attached hydrogens (tertiary/aromatic N) is 2. The van der Waals surface area contributed by atoms with Gasteiger partial charge in [0.25, 0.3) is 0 Å². The fourth-order valence-electron chi connectivity index (χ4n) is 2.26. The lowest BCUT2D eigenvalue weighted by molar-refractivity contribution is 0.953. The highest BCUT2D eigenvalue weighted by molar-refractivity contribution is 5.38. The van der Waals surface area contributed by atoms with Gasteiger partial charge in [-0.1, -0.05) is 25.1 Å². The lowest BCUT2D eigenvalue weighted by atomic mass is 9.96. The molecule has 0 atom stereocenters. The summed E-state index contributed by atoms with van der Waals surface area (Å²) >= 11 is 0. The number of hydrogen-bond acceptors (Lipinski definition) is 2. The summed E-state index contributed by atoms with van der Waals surface area (Å²) in [5, 5.41) is 0. The van der Waals surface area contributed by atoms with Crippen LogP contribution in [0.4, 0.5) is 0 Å². The van der Waals surface area contributed by atoms with Gasteiger partial charge in [0.05, 0.1) is 5.69 Å². The van der Waals surface area contributed by atoms with Crippen LogP contribution in [0.25, 0.3) is 0 Å². The summed E-state index contributed by atoms with van der Waals surface area (Å²) in [4.78, 5) is 8.65. The molecule has 18 heavy (non-hydrogen) atoms. The first-order chi connectivity index (χ1) is 8.63. The molecule has 0 unspecified atom stereocenters. The summed E-state index contributed by atoms with van der Waals surface area (Å²) in [5.41, 5.74) is 7.61. The standard InChI is InChI=1S/C16H20N2/c1-5-14-7-6-8-15(12(14)3)9-16-11(2)13(4)17-10-18-16/h6-8,10H,5,9H2,1-4H3. The molecular formula is C16H20N2. The third-order valence-electron chi connectivity index (χ3n) is 3.74. The molecule has 0 bridgehead atoms. The van der Waals surface area contributed by atoms with Gasteiger partial charge in [0.2, 0.25) is 0 Å². The minimum absolute atomic E-state index is 0.898. The first-order valence-corrected chi connectivity index (χ1v) is 6.48. The number of hydrogen-bond donors (Lipinski definition) is 0. The van der Waals surface area contributed by atoms with Gasteiger partial charge in [-0.25, -0.2) is 9.97 Å². The van der Waals surface area contributed by atoms with Crippen molar-refractivity contribution in [2.24, 2.45) is 0 Å². The van der Waals surface area contributed by atoms with Crippen LogP contribution >= 0.6 is 0 Å². The monoisotopic (exact) mass is 240 g/mol. The normalized spacial score (nSPS) is 10.7. The van der Waals surface area contributed by atoms with Gasteiger partial charge >= 0.3 is 0 Å². The van der Waals surface area contributed by atoms with Gasteiger partial charge in [0.1, 0.15) is 6.33 Å². The predicted molar refractivity (Wildman–Crippen MR) is 74.9 cm³/mol. The second-order valence-corrected chi connectivity index (χ2v) is 4.76. The Balaban J connectivity index is 2.37. The average molecular weight is 240 g/mol. The molecule has 0 aliphatic rings. The van der Waals surface area contributed by atoms with E-state index in [1.54, 1.807) is 6.33 Å². The zero-order valence-electron chi connectivity index (χ0n) is 11.6. The van der Waals surface area contributed by atoms with Crippen LogP contribution in [0.2, 0.25) is 0 Å². The van der Waals surface area contributed by atoms with E-state index in [0.717, 1.165) is 24.2 Å². The Labute approximate surface area is 109 Å². The van der Waals surface area contributed by atoms with Crippen LogP contribution in [0.5, 0.6) is 0 Å². The molecule has 94 valence electrons. The van der Waals surface area contributed by atoms with Gasteiger partial charge in [-0.3, -0.25) is 0 Å². The number of benzene rings is 1. The molecule has 0 amide bonds. The maximum absolute atomic E-state index is 4.42. The van der Waals surface area contributed by atoms with Crippen molar-refractivity contribution >= 4 is 0 Å². The second-order valence-electron chi connectivity index (χ2n) is 4.76. The Hall–Kier alpha value is -1.70. The Kier molecular flexibility index (Phi) is 3.75. The Morgan fingerprint density at radius 3 is 2.39 bits per heavy atom. The van der Waals surface area contributed by atoms with Crippen LogP contribution in [0, 0.1) is 20.8 Å². The fourth-order valence-corrected chi connectivity index (χ4v) is 2.26. The molecule has 0 spiro atoms. The Bertz CT molecular complexity index is 559. The van der Waals surface area contributed by atoms with Crippen molar-refractivity contribution in [2.75, 3.05) is 0 Å². The highest BCUT2D eigenvalue weighted by atomic mass is 14.8. The molecule has 0 N–H and O–H groups in total. The van der Waals surface area contributed by atoms with Crippen LogP contribution in [-0.4, -0.2) is 9.97 Å². The smallest absolute Gasteiger partial charge is 0.115 e. The van der Waals surface area contributed by atoms with E-state index in [1.807, 2.05) is 6.92 Å². The van der Waals surface area contributed by atoms with E-state index in [-0.39, 0.29) is 0 Å². The van der Waals surface area contributed by atoms with Gasteiger partial charge in [-0.05, 0) is 49.4 Å². The first kappa shape index (κ1) is 12.7. The van der Waals surface area contributed by atoms with Gasteiger partial charge in [0.15, 0.2) is 0 Å². The molecule has 1 aromatic heterocycles. The van der Waals surface area contributed by atoms with Crippen molar-refractivity contribution in [1.29, 1.82) is 0 Å². The van der Waals surface area contributed by atoms with Crippen LogP contribution in [0.15, 0.2) is 24.5 Å². The highest BCUT2D eigenvalue weighted by Gasteiger charge is 2.08. The molecule has 0 aliphatic heterocycles. The molecule has 2 aromatic rings. The van der Waals surface area contributed by atoms with Gasteiger partial charge in [-0.2, -0.15) is 0 Å². The summed E-state index contributed by atoms with van der Waals surface area (Å²) in [6.07, 6.45) is 3.65. The SMILES string of the molecule is CCc1cccc(Cc2ncnc(C)c2C)c1C. The number of aromatic nitrogens is 2. The summed E-state index contributed by atoms with van der Waals surface area (Å²) in [6, 6.07) is 6.55. The van der Waals surface area contributed by atoms with Gasteiger partial charge in [0, 0.05) is 12.1 Å². The fraction of sp³-hybridized carbons (Fsp3) is 0.375. The number of rotatable bonds is 3. The zero-order chi connectivity index (χ0) is 13.1. The molecule has 2 heteroatoms. The topological polar surface area (TPSA) is 25.8 Å². The van der Waals surface area contributed by atoms with Gasteiger partial charge in [-0.15, -0.1) is 0 Å². The molecule has 0 saturated carbocycles. The minimum Gasteiger partial charge on any atom is -0.241 e. The molecule has 1 heterocycles. The molecule has 0 aliphatic carbocycles. The quantitative estimate of drug-likeness (QED) is 0.820. The van der Waals surface area contributed by atoms with Crippen molar-refractivity contribution < 1.29 is 0 Å². The Morgan fingerprint density at radius 1 is 0.944 bits per heavy atom. The van der Waals surface area contributed by atoms with E-state index in [1.165, 1.54) is 22.3 Å². The molecule has 0 radical (unpaired) electrons. The van der Waals surface area contributed by atoms with Gasteiger partial charge < -0.3 is 0 Å². The maximum Gasteiger partial charge on any atom is 0.115 e. The van der Waals surface area contributed by atoms with E-state index >= 15 is 0 Å². The van der Waals surface area contributed by atoms with E-state index in [9.17, 15) is 0 Å². The van der Waals surface area contributed by atoms with E-state index in [2.05, 4.69) is 48.9 Å². The zero-order valence-corrected chi connectivity index (χ0v) is 11.6.